The summed E-state index contributed by atoms with van der Waals surface area (Å²) < 4.78 is 0. The van der Waals surface area contributed by atoms with E-state index in [0.717, 1.165) is 50.9 Å². The second-order valence-electron chi connectivity index (χ2n) is 6.97. The molecule has 0 radical (unpaired) electrons. The van der Waals surface area contributed by atoms with Crippen molar-refractivity contribution in [1.29, 1.82) is 0 Å². The Morgan fingerprint density at radius 2 is 1.92 bits per heavy atom. The number of hydrogen-bond donors (Lipinski definition) is 2. The molecule has 25 heavy (non-hydrogen) atoms. The number of amides is 2. The molecule has 1 unspecified atom stereocenters. The number of halogens is 1. The summed E-state index contributed by atoms with van der Waals surface area (Å²) >= 11 is 0. The van der Waals surface area contributed by atoms with Crippen LogP contribution in [-0.2, 0) is 4.79 Å². The third kappa shape index (κ3) is 4.95. The molecule has 1 saturated carbocycles. The lowest BCUT2D eigenvalue weighted by molar-refractivity contribution is -0.120. The Balaban J connectivity index is 0.00000225. The van der Waals surface area contributed by atoms with Crippen molar-refractivity contribution in [2.75, 3.05) is 25.5 Å². The number of rotatable bonds is 4. The van der Waals surface area contributed by atoms with Gasteiger partial charge in [-0.05, 0) is 44.0 Å². The first-order valence-corrected chi connectivity index (χ1v) is 9.04. The molecule has 2 N–H and O–H groups in total. The monoisotopic (exact) mass is 365 g/mol. The standard InChI is InChI=1S/C19H27N3O2.ClH/c1-22(17-10-11-20-13-17)19(24)15-8-5-9-16(12-15)21-18(23)14-6-3-2-4-7-14;/h5,8-9,12,14,17,20H,2-4,6-7,10-11,13H2,1H3,(H,21,23);1H. The predicted molar refractivity (Wildman–Crippen MR) is 102 cm³/mol. The number of nitrogens with one attached hydrogen (secondary N) is 2. The van der Waals surface area contributed by atoms with Crippen molar-refractivity contribution in [3.63, 3.8) is 0 Å². The van der Waals surface area contributed by atoms with Gasteiger partial charge in [0.25, 0.3) is 5.91 Å². The highest BCUT2D eigenvalue weighted by Crippen LogP contribution is 2.25. The molecule has 2 amide bonds. The van der Waals surface area contributed by atoms with Gasteiger partial charge in [0, 0.05) is 36.8 Å². The SMILES string of the molecule is CN(C(=O)c1cccc(NC(=O)C2CCCCC2)c1)C1CCNC1.Cl. The van der Waals surface area contributed by atoms with E-state index < -0.39 is 0 Å². The number of nitrogens with zero attached hydrogens (tertiary/aromatic N) is 1. The van der Waals surface area contributed by atoms with Gasteiger partial charge in [0.05, 0.1) is 0 Å². The van der Waals surface area contributed by atoms with E-state index in [9.17, 15) is 9.59 Å². The van der Waals surface area contributed by atoms with Crippen LogP contribution in [0.2, 0.25) is 0 Å². The molecule has 1 aliphatic carbocycles. The largest absolute Gasteiger partial charge is 0.337 e. The molecular formula is C19H28ClN3O2. The van der Waals surface area contributed by atoms with Crippen LogP contribution in [0.3, 0.4) is 0 Å². The van der Waals surface area contributed by atoms with Gasteiger partial charge in [-0.25, -0.2) is 0 Å². The molecule has 0 bridgehead atoms. The van der Waals surface area contributed by atoms with Crippen LogP contribution in [0.5, 0.6) is 0 Å². The molecule has 1 aromatic carbocycles. The lowest BCUT2D eigenvalue weighted by Crippen LogP contribution is -2.38. The number of benzene rings is 1. The molecule has 1 saturated heterocycles. The highest BCUT2D eigenvalue weighted by molar-refractivity contribution is 5.97. The third-order valence-corrected chi connectivity index (χ3v) is 5.26. The van der Waals surface area contributed by atoms with Gasteiger partial charge in [-0.2, -0.15) is 0 Å². The molecule has 0 aromatic heterocycles. The molecule has 138 valence electrons. The van der Waals surface area contributed by atoms with Gasteiger partial charge in [0.1, 0.15) is 0 Å². The van der Waals surface area contributed by atoms with Crippen molar-refractivity contribution < 1.29 is 9.59 Å². The Labute approximate surface area is 155 Å². The average Bonchev–Trinajstić information content (AvgIpc) is 3.16. The summed E-state index contributed by atoms with van der Waals surface area (Å²) in [6.45, 7) is 1.81. The van der Waals surface area contributed by atoms with E-state index in [2.05, 4.69) is 10.6 Å². The summed E-state index contributed by atoms with van der Waals surface area (Å²) in [5.74, 6) is 0.218. The maximum absolute atomic E-state index is 12.7. The van der Waals surface area contributed by atoms with Gasteiger partial charge in [-0.15, -0.1) is 12.4 Å². The van der Waals surface area contributed by atoms with Crippen molar-refractivity contribution >= 4 is 29.9 Å². The number of carbonyl (C=O) groups excluding carboxylic acids is 2. The van der Waals surface area contributed by atoms with Crippen LogP contribution in [-0.4, -0.2) is 42.9 Å². The Bertz CT molecular complexity index is 596. The van der Waals surface area contributed by atoms with Gasteiger partial charge >= 0.3 is 0 Å². The van der Waals surface area contributed by atoms with Crippen molar-refractivity contribution in [2.45, 2.75) is 44.6 Å². The highest BCUT2D eigenvalue weighted by atomic mass is 35.5. The third-order valence-electron chi connectivity index (χ3n) is 5.26. The molecule has 2 fully saturated rings. The van der Waals surface area contributed by atoms with Gasteiger partial charge in [0.2, 0.25) is 5.91 Å². The van der Waals surface area contributed by atoms with Gasteiger partial charge in [0.15, 0.2) is 0 Å². The van der Waals surface area contributed by atoms with E-state index >= 15 is 0 Å². The summed E-state index contributed by atoms with van der Waals surface area (Å²) in [4.78, 5) is 26.8. The van der Waals surface area contributed by atoms with Crippen molar-refractivity contribution in [2.24, 2.45) is 5.92 Å². The van der Waals surface area contributed by atoms with Crippen molar-refractivity contribution in [3.8, 4) is 0 Å². The molecule has 1 aliphatic heterocycles. The normalized spacial score (nSPS) is 20.6. The van der Waals surface area contributed by atoms with Gasteiger partial charge < -0.3 is 15.5 Å². The molecule has 1 heterocycles. The van der Waals surface area contributed by atoms with Crippen LogP contribution < -0.4 is 10.6 Å². The van der Waals surface area contributed by atoms with E-state index in [1.54, 1.807) is 6.07 Å². The number of carbonyl (C=O) groups is 2. The molecule has 1 atom stereocenters. The minimum Gasteiger partial charge on any atom is -0.337 e. The lowest BCUT2D eigenvalue weighted by atomic mass is 9.88. The minimum absolute atomic E-state index is 0. The lowest BCUT2D eigenvalue weighted by Gasteiger charge is -2.24. The Morgan fingerprint density at radius 3 is 2.60 bits per heavy atom. The summed E-state index contributed by atoms with van der Waals surface area (Å²) in [7, 11) is 1.85. The molecule has 0 spiro atoms. The molecular weight excluding hydrogens is 338 g/mol. The topological polar surface area (TPSA) is 61.4 Å². The average molecular weight is 366 g/mol. The summed E-state index contributed by atoms with van der Waals surface area (Å²) in [5, 5.41) is 6.28. The predicted octanol–water partition coefficient (Wildman–Crippen LogP) is 3.06. The molecule has 3 rings (SSSR count). The maximum Gasteiger partial charge on any atom is 0.253 e. The molecule has 2 aliphatic rings. The summed E-state index contributed by atoms with van der Waals surface area (Å²) in [6, 6.07) is 7.55. The Kier molecular flexibility index (Phi) is 7.26. The second kappa shape index (κ2) is 9.20. The summed E-state index contributed by atoms with van der Waals surface area (Å²) in [5.41, 5.74) is 1.35. The molecule has 1 aromatic rings. The van der Waals surface area contributed by atoms with Crippen LogP contribution in [0.4, 0.5) is 5.69 Å². The zero-order chi connectivity index (χ0) is 16.9. The zero-order valence-electron chi connectivity index (χ0n) is 14.8. The molecule has 6 heteroatoms. The maximum atomic E-state index is 12.7. The summed E-state index contributed by atoms with van der Waals surface area (Å²) in [6.07, 6.45) is 6.44. The van der Waals surface area contributed by atoms with E-state index in [0.29, 0.717) is 5.56 Å². The Morgan fingerprint density at radius 1 is 1.16 bits per heavy atom. The first kappa shape index (κ1) is 19.7. The minimum atomic E-state index is 0. The van der Waals surface area contributed by atoms with Crippen LogP contribution in [0.25, 0.3) is 0 Å². The van der Waals surface area contributed by atoms with Crippen molar-refractivity contribution in [3.05, 3.63) is 29.8 Å². The van der Waals surface area contributed by atoms with Crippen LogP contribution in [0.15, 0.2) is 24.3 Å². The smallest absolute Gasteiger partial charge is 0.253 e. The van der Waals surface area contributed by atoms with Gasteiger partial charge in [-0.1, -0.05) is 25.3 Å². The highest BCUT2D eigenvalue weighted by Gasteiger charge is 2.25. The van der Waals surface area contributed by atoms with Crippen molar-refractivity contribution in [1.82, 2.24) is 10.2 Å². The number of likely N-dealkylation sites (N-methyl/N-ethyl adjacent to an activating group) is 1. The fraction of sp³-hybridized carbons (Fsp3) is 0.579. The second-order valence-corrected chi connectivity index (χ2v) is 6.97. The van der Waals surface area contributed by atoms with E-state index in [1.807, 2.05) is 30.1 Å². The molecule has 5 nitrogen and oxygen atoms in total. The fourth-order valence-corrected chi connectivity index (χ4v) is 3.68. The van der Waals surface area contributed by atoms with Crippen LogP contribution in [0.1, 0.15) is 48.9 Å². The van der Waals surface area contributed by atoms with E-state index in [-0.39, 0.29) is 36.2 Å². The van der Waals surface area contributed by atoms with Crippen LogP contribution in [0, 0.1) is 5.92 Å². The van der Waals surface area contributed by atoms with Crippen LogP contribution >= 0.6 is 12.4 Å². The number of hydrogen-bond acceptors (Lipinski definition) is 3. The quantitative estimate of drug-likeness (QED) is 0.862. The Hall–Kier alpha value is -1.59. The first-order chi connectivity index (χ1) is 11.6. The zero-order valence-corrected chi connectivity index (χ0v) is 15.6. The fourth-order valence-electron chi connectivity index (χ4n) is 3.68. The number of anilines is 1. The first-order valence-electron chi connectivity index (χ1n) is 9.04. The van der Waals surface area contributed by atoms with E-state index in [1.165, 1.54) is 6.42 Å². The van der Waals surface area contributed by atoms with Gasteiger partial charge in [-0.3, -0.25) is 9.59 Å². The van der Waals surface area contributed by atoms with E-state index in [4.69, 9.17) is 0 Å².